The van der Waals surface area contributed by atoms with Gasteiger partial charge in [0.2, 0.25) is 0 Å². The van der Waals surface area contributed by atoms with Crippen LogP contribution in [0, 0.1) is 0 Å². The summed E-state index contributed by atoms with van der Waals surface area (Å²) in [5, 5.41) is 12.8. The van der Waals surface area contributed by atoms with Gasteiger partial charge in [0.1, 0.15) is 5.69 Å². The van der Waals surface area contributed by atoms with E-state index in [0.29, 0.717) is 23.7 Å². The van der Waals surface area contributed by atoms with Crippen LogP contribution >= 0.6 is 12.4 Å². The molecule has 2 rings (SSSR count). The van der Waals surface area contributed by atoms with Crippen LogP contribution in [-0.2, 0) is 0 Å². The number of furan rings is 1. The number of nitrogens with one attached hydrogen (secondary N) is 3. The van der Waals surface area contributed by atoms with E-state index in [0.717, 1.165) is 19.5 Å². The van der Waals surface area contributed by atoms with E-state index in [-0.39, 0.29) is 18.3 Å². The maximum atomic E-state index is 11.8. The molecule has 2 heterocycles. The summed E-state index contributed by atoms with van der Waals surface area (Å²) in [5.41, 5.74) is 1.06. The number of carbonyl (C=O) groups excluding carboxylic acids is 1. The van der Waals surface area contributed by atoms with Crippen LogP contribution in [-0.4, -0.2) is 35.7 Å². The van der Waals surface area contributed by atoms with Crippen molar-refractivity contribution in [1.82, 2.24) is 20.8 Å². The number of hydrogen-bond donors (Lipinski definition) is 3. The molecule has 0 saturated carbocycles. The molecule has 0 aliphatic carbocycles. The number of carbonyl (C=O) groups is 1. The second-order valence-corrected chi connectivity index (χ2v) is 4.15. The molecule has 0 fully saturated rings. The molecule has 1 amide bonds. The second-order valence-electron chi connectivity index (χ2n) is 4.15. The topological polar surface area (TPSA) is 83.0 Å². The lowest BCUT2D eigenvalue weighted by atomic mass is 10.3. The Hall–Kier alpha value is -1.79. The van der Waals surface area contributed by atoms with Gasteiger partial charge in [-0.2, -0.15) is 5.10 Å². The van der Waals surface area contributed by atoms with E-state index in [9.17, 15) is 4.79 Å². The lowest BCUT2D eigenvalue weighted by molar-refractivity contribution is 0.0949. The number of rotatable bonds is 7. The highest BCUT2D eigenvalue weighted by atomic mass is 35.5. The second kappa shape index (κ2) is 8.39. The number of aromatic nitrogens is 2. The fourth-order valence-electron chi connectivity index (χ4n) is 1.65. The summed E-state index contributed by atoms with van der Waals surface area (Å²) < 4.78 is 5.23. The standard InChI is InChI=1S/C13H18N4O2.ClH/c1-2-5-14-6-7-15-13(18)11-9-10(16-17-11)12-4-3-8-19-12;/h3-4,8-9,14H,2,5-7H2,1H3,(H,15,18)(H,16,17);1H. The smallest absolute Gasteiger partial charge is 0.271 e. The van der Waals surface area contributed by atoms with E-state index in [1.54, 1.807) is 18.4 Å². The Kier molecular flexibility index (Phi) is 6.83. The molecule has 0 aromatic carbocycles. The maximum Gasteiger partial charge on any atom is 0.271 e. The molecular weight excluding hydrogens is 280 g/mol. The summed E-state index contributed by atoms with van der Waals surface area (Å²) in [6.45, 7) is 4.41. The third-order valence-corrected chi connectivity index (χ3v) is 2.61. The molecule has 0 bridgehead atoms. The third-order valence-electron chi connectivity index (χ3n) is 2.61. The minimum atomic E-state index is -0.188. The Morgan fingerprint density at radius 2 is 2.25 bits per heavy atom. The first-order chi connectivity index (χ1) is 9.31. The molecule has 2 aromatic rings. The minimum absolute atomic E-state index is 0. The first kappa shape index (κ1) is 16.3. The highest BCUT2D eigenvalue weighted by Gasteiger charge is 2.11. The molecule has 2 aromatic heterocycles. The van der Waals surface area contributed by atoms with Crippen LogP contribution in [0.1, 0.15) is 23.8 Å². The fourth-order valence-corrected chi connectivity index (χ4v) is 1.65. The van der Waals surface area contributed by atoms with Gasteiger partial charge in [-0.25, -0.2) is 0 Å². The highest BCUT2D eigenvalue weighted by Crippen LogP contribution is 2.17. The monoisotopic (exact) mass is 298 g/mol. The molecule has 7 heteroatoms. The number of aromatic amines is 1. The lowest BCUT2D eigenvalue weighted by Gasteiger charge is -2.03. The summed E-state index contributed by atoms with van der Waals surface area (Å²) in [6, 6.07) is 5.27. The largest absolute Gasteiger partial charge is 0.463 e. The highest BCUT2D eigenvalue weighted by molar-refractivity contribution is 5.93. The molecule has 0 radical (unpaired) electrons. The normalized spacial score (nSPS) is 10.1. The number of amides is 1. The zero-order chi connectivity index (χ0) is 13.5. The maximum absolute atomic E-state index is 11.8. The third kappa shape index (κ3) is 4.40. The van der Waals surface area contributed by atoms with Crippen LogP contribution < -0.4 is 10.6 Å². The average Bonchev–Trinajstić information content (AvgIpc) is 3.08. The van der Waals surface area contributed by atoms with Gasteiger partial charge in [0.15, 0.2) is 11.5 Å². The van der Waals surface area contributed by atoms with Crippen molar-refractivity contribution in [2.45, 2.75) is 13.3 Å². The molecule has 3 N–H and O–H groups in total. The van der Waals surface area contributed by atoms with Gasteiger partial charge in [-0.05, 0) is 25.1 Å². The first-order valence-electron chi connectivity index (χ1n) is 6.39. The van der Waals surface area contributed by atoms with Crippen LogP contribution in [0.25, 0.3) is 11.5 Å². The van der Waals surface area contributed by atoms with Crippen molar-refractivity contribution in [2.24, 2.45) is 0 Å². The molecule has 0 aliphatic heterocycles. The predicted octanol–water partition coefficient (Wildman–Crippen LogP) is 1.82. The molecule has 0 unspecified atom stereocenters. The van der Waals surface area contributed by atoms with Gasteiger partial charge in [-0.3, -0.25) is 9.89 Å². The van der Waals surface area contributed by atoms with Crippen molar-refractivity contribution in [3.05, 3.63) is 30.2 Å². The van der Waals surface area contributed by atoms with Crippen molar-refractivity contribution < 1.29 is 9.21 Å². The van der Waals surface area contributed by atoms with E-state index in [2.05, 4.69) is 27.8 Å². The van der Waals surface area contributed by atoms with Crippen LogP contribution in [0.5, 0.6) is 0 Å². The summed E-state index contributed by atoms with van der Waals surface area (Å²) in [5.74, 6) is 0.475. The summed E-state index contributed by atoms with van der Waals surface area (Å²) in [4.78, 5) is 11.8. The lowest BCUT2D eigenvalue weighted by Crippen LogP contribution is -2.32. The van der Waals surface area contributed by atoms with E-state index in [1.807, 2.05) is 6.07 Å². The van der Waals surface area contributed by atoms with Gasteiger partial charge >= 0.3 is 0 Å². The summed E-state index contributed by atoms with van der Waals surface area (Å²) in [6.07, 6.45) is 2.66. The van der Waals surface area contributed by atoms with E-state index >= 15 is 0 Å². The molecule has 20 heavy (non-hydrogen) atoms. The molecule has 6 nitrogen and oxygen atoms in total. The van der Waals surface area contributed by atoms with Crippen LogP contribution in [0.4, 0.5) is 0 Å². The Labute approximate surface area is 123 Å². The van der Waals surface area contributed by atoms with Crippen molar-refractivity contribution >= 4 is 18.3 Å². The summed E-state index contributed by atoms with van der Waals surface area (Å²) >= 11 is 0. The molecular formula is C13H19ClN4O2. The SMILES string of the molecule is CCCNCCNC(=O)c1cc(-c2ccco2)[nH]n1.Cl. The van der Waals surface area contributed by atoms with Crippen molar-refractivity contribution in [3.63, 3.8) is 0 Å². The zero-order valence-corrected chi connectivity index (χ0v) is 12.1. The molecule has 0 saturated heterocycles. The van der Waals surface area contributed by atoms with Crippen molar-refractivity contribution in [1.29, 1.82) is 0 Å². The fraction of sp³-hybridized carbons (Fsp3) is 0.385. The molecule has 0 aliphatic rings. The number of nitrogens with zero attached hydrogens (tertiary/aromatic N) is 1. The zero-order valence-electron chi connectivity index (χ0n) is 11.3. The Balaban J connectivity index is 0.00000200. The quantitative estimate of drug-likeness (QED) is 0.681. The van der Waals surface area contributed by atoms with Crippen molar-refractivity contribution in [3.8, 4) is 11.5 Å². The van der Waals surface area contributed by atoms with Gasteiger partial charge in [0.25, 0.3) is 5.91 Å². The number of H-pyrrole nitrogens is 1. The van der Waals surface area contributed by atoms with E-state index < -0.39 is 0 Å². The van der Waals surface area contributed by atoms with Crippen molar-refractivity contribution in [2.75, 3.05) is 19.6 Å². The minimum Gasteiger partial charge on any atom is -0.463 e. The van der Waals surface area contributed by atoms with Gasteiger partial charge in [-0.15, -0.1) is 12.4 Å². The average molecular weight is 299 g/mol. The van der Waals surface area contributed by atoms with Gasteiger partial charge < -0.3 is 15.1 Å². The number of hydrogen-bond acceptors (Lipinski definition) is 4. The molecule has 0 spiro atoms. The first-order valence-corrected chi connectivity index (χ1v) is 6.39. The van der Waals surface area contributed by atoms with Crippen LogP contribution in [0.2, 0.25) is 0 Å². The Morgan fingerprint density at radius 3 is 2.95 bits per heavy atom. The van der Waals surface area contributed by atoms with Gasteiger partial charge in [0.05, 0.1) is 6.26 Å². The van der Waals surface area contributed by atoms with Crippen LogP contribution in [0.3, 0.4) is 0 Å². The van der Waals surface area contributed by atoms with Gasteiger partial charge in [-0.1, -0.05) is 6.92 Å². The Morgan fingerprint density at radius 1 is 1.40 bits per heavy atom. The van der Waals surface area contributed by atoms with E-state index in [4.69, 9.17) is 4.42 Å². The number of halogens is 1. The summed E-state index contributed by atoms with van der Waals surface area (Å²) in [7, 11) is 0. The van der Waals surface area contributed by atoms with Gasteiger partial charge in [0, 0.05) is 19.2 Å². The van der Waals surface area contributed by atoms with Crippen LogP contribution in [0.15, 0.2) is 28.9 Å². The van der Waals surface area contributed by atoms with E-state index in [1.165, 1.54) is 0 Å². The molecule has 0 atom stereocenters. The Bertz CT molecular complexity index is 510. The molecule has 110 valence electrons. The predicted molar refractivity (Wildman–Crippen MR) is 79.0 cm³/mol.